The van der Waals surface area contributed by atoms with Crippen LogP contribution in [-0.4, -0.2) is 23.0 Å². The molecule has 5 rings (SSSR count). The molecule has 6 heteroatoms. The fourth-order valence-electron chi connectivity index (χ4n) is 4.06. The normalized spacial score (nSPS) is 11.4. The van der Waals surface area contributed by atoms with Crippen LogP contribution in [0.25, 0.3) is 33.4 Å². The van der Waals surface area contributed by atoms with Crippen molar-refractivity contribution in [3.63, 3.8) is 0 Å². The minimum Gasteiger partial charge on any atom is -0.497 e. The molecule has 0 aliphatic carbocycles. The van der Waals surface area contributed by atoms with E-state index in [-0.39, 0.29) is 11.3 Å². The van der Waals surface area contributed by atoms with Crippen LogP contribution in [0.5, 0.6) is 5.75 Å². The lowest BCUT2D eigenvalue weighted by atomic mass is 9.86. The Morgan fingerprint density at radius 2 is 1.64 bits per heavy atom. The summed E-state index contributed by atoms with van der Waals surface area (Å²) in [6.45, 7) is 6.59. The molecule has 0 aliphatic heterocycles. The van der Waals surface area contributed by atoms with Crippen molar-refractivity contribution in [1.82, 2.24) is 9.97 Å². The van der Waals surface area contributed by atoms with Gasteiger partial charge in [-0.25, -0.2) is 9.97 Å². The second-order valence-electron chi connectivity index (χ2n) is 9.62. The Hall–Kier alpha value is -4.03. The fraction of sp³-hybridized carbons (Fsp3) is 0.167. The molecule has 0 bridgehead atoms. The number of amides is 1. The largest absolute Gasteiger partial charge is 0.497 e. The number of nitrogens with zero attached hydrogens (tertiary/aromatic N) is 2. The van der Waals surface area contributed by atoms with Crippen LogP contribution in [0.2, 0.25) is 0 Å². The molecule has 2 aromatic heterocycles. The number of benzene rings is 3. The van der Waals surface area contributed by atoms with Crippen molar-refractivity contribution < 1.29 is 9.53 Å². The third-order valence-corrected chi connectivity index (χ3v) is 6.86. The Kier molecular flexibility index (Phi) is 6.29. The first-order valence-corrected chi connectivity index (χ1v) is 12.6. The number of carbonyl (C=O) groups is 1. The third-order valence-electron chi connectivity index (χ3n) is 6.10. The summed E-state index contributed by atoms with van der Waals surface area (Å²) in [5.74, 6) is 0.515. The second kappa shape index (κ2) is 9.55. The van der Waals surface area contributed by atoms with Crippen LogP contribution in [0, 0.1) is 0 Å². The first kappa shape index (κ1) is 23.7. The number of carbonyl (C=O) groups excluding carboxylic acids is 1. The van der Waals surface area contributed by atoms with E-state index in [0.717, 1.165) is 33.5 Å². The maximum atomic E-state index is 13.4. The van der Waals surface area contributed by atoms with Crippen molar-refractivity contribution in [3.8, 4) is 28.3 Å². The van der Waals surface area contributed by atoms with Crippen molar-refractivity contribution in [3.05, 3.63) is 95.4 Å². The molecular formula is C30H27N3O2S. The van der Waals surface area contributed by atoms with Gasteiger partial charge in [-0.1, -0.05) is 75.4 Å². The lowest BCUT2D eigenvalue weighted by molar-refractivity contribution is 0.102. The summed E-state index contributed by atoms with van der Waals surface area (Å²) in [5.41, 5.74) is 6.11. The van der Waals surface area contributed by atoms with Gasteiger partial charge in [-0.15, -0.1) is 11.3 Å². The standard InChI is InChI=1S/C30H27N3O2S/c1-30(2,3)21-14-12-19(13-15-21)27-18-36-29(32-27)33-28(34)24-17-26(20-8-7-9-22(16-20)35-4)31-25-11-6-5-10-23(24)25/h5-18H,1-4H3,(H,32,33,34). The zero-order chi connectivity index (χ0) is 25.3. The lowest BCUT2D eigenvalue weighted by Crippen LogP contribution is -2.13. The van der Waals surface area contributed by atoms with Crippen LogP contribution in [-0.2, 0) is 5.41 Å². The van der Waals surface area contributed by atoms with Gasteiger partial charge in [0.1, 0.15) is 5.75 Å². The van der Waals surface area contributed by atoms with Crippen LogP contribution in [0.1, 0.15) is 36.7 Å². The Balaban J connectivity index is 1.45. The van der Waals surface area contributed by atoms with Gasteiger partial charge in [0, 0.05) is 21.9 Å². The summed E-state index contributed by atoms with van der Waals surface area (Å²) in [6, 6.07) is 25.6. The molecule has 0 saturated heterocycles. The number of pyridine rings is 1. The van der Waals surface area contributed by atoms with Crippen molar-refractivity contribution in [2.24, 2.45) is 0 Å². The van der Waals surface area contributed by atoms with Gasteiger partial charge in [0.05, 0.1) is 29.6 Å². The van der Waals surface area contributed by atoms with Crippen molar-refractivity contribution in [2.45, 2.75) is 26.2 Å². The van der Waals surface area contributed by atoms with E-state index in [0.29, 0.717) is 16.4 Å². The molecule has 1 amide bonds. The van der Waals surface area contributed by atoms with Gasteiger partial charge in [0.15, 0.2) is 5.13 Å². The minimum absolute atomic E-state index is 0.0940. The first-order chi connectivity index (χ1) is 17.3. The molecular weight excluding hydrogens is 466 g/mol. The second-order valence-corrected chi connectivity index (χ2v) is 10.5. The maximum absolute atomic E-state index is 13.4. The summed E-state index contributed by atoms with van der Waals surface area (Å²) < 4.78 is 5.37. The van der Waals surface area contributed by atoms with E-state index in [1.54, 1.807) is 7.11 Å². The maximum Gasteiger partial charge on any atom is 0.258 e. The molecule has 5 aromatic rings. The van der Waals surface area contributed by atoms with E-state index >= 15 is 0 Å². The van der Waals surface area contributed by atoms with Crippen molar-refractivity contribution in [2.75, 3.05) is 12.4 Å². The molecule has 0 saturated carbocycles. The monoisotopic (exact) mass is 493 g/mol. The Labute approximate surface area is 214 Å². The number of ether oxygens (including phenoxy) is 1. The molecule has 3 aromatic carbocycles. The number of hydrogen-bond donors (Lipinski definition) is 1. The molecule has 36 heavy (non-hydrogen) atoms. The first-order valence-electron chi connectivity index (χ1n) is 11.7. The lowest BCUT2D eigenvalue weighted by Gasteiger charge is -2.18. The fourth-order valence-corrected chi connectivity index (χ4v) is 4.78. The van der Waals surface area contributed by atoms with E-state index < -0.39 is 0 Å². The van der Waals surface area contributed by atoms with E-state index in [1.807, 2.05) is 60.0 Å². The van der Waals surface area contributed by atoms with Crippen LogP contribution in [0.3, 0.4) is 0 Å². The van der Waals surface area contributed by atoms with Gasteiger partial charge in [0.25, 0.3) is 5.91 Å². The molecule has 0 spiro atoms. The average Bonchev–Trinajstić information content (AvgIpc) is 3.36. The number of hydrogen-bond acceptors (Lipinski definition) is 5. The van der Waals surface area contributed by atoms with Crippen molar-refractivity contribution >= 4 is 33.3 Å². The summed E-state index contributed by atoms with van der Waals surface area (Å²) in [7, 11) is 1.63. The van der Waals surface area contributed by atoms with Crippen LogP contribution in [0.4, 0.5) is 5.13 Å². The van der Waals surface area contributed by atoms with Crippen LogP contribution in [0.15, 0.2) is 84.2 Å². The topological polar surface area (TPSA) is 64.1 Å². The highest BCUT2D eigenvalue weighted by atomic mass is 32.1. The smallest absolute Gasteiger partial charge is 0.258 e. The van der Waals surface area contributed by atoms with Gasteiger partial charge in [-0.3, -0.25) is 10.1 Å². The zero-order valence-corrected chi connectivity index (χ0v) is 21.5. The summed E-state index contributed by atoms with van der Waals surface area (Å²) in [5, 5.41) is 6.30. The number of para-hydroxylation sites is 1. The van der Waals surface area contributed by atoms with E-state index in [2.05, 4.69) is 55.3 Å². The van der Waals surface area contributed by atoms with E-state index in [1.165, 1.54) is 16.9 Å². The Bertz CT molecular complexity index is 1550. The van der Waals surface area contributed by atoms with Gasteiger partial charge in [0.2, 0.25) is 0 Å². The molecule has 0 unspecified atom stereocenters. The number of aromatic nitrogens is 2. The van der Waals surface area contributed by atoms with Crippen LogP contribution >= 0.6 is 11.3 Å². The van der Waals surface area contributed by atoms with E-state index in [4.69, 9.17) is 9.72 Å². The number of nitrogens with one attached hydrogen (secondary N) is 1. The SMILES string of the molecule is COc1cccc(-c2cc(C(=O)Nc3nc(-c4ccc(C(C)(C)C)cc4)cs3)c3ccccc3n2)c1. The molecule has 5 nitrogen and oxygen atoms in total. The molecule has 2 heterocycles. The highest BCUT2D eigenvalue weighted by Crippen LogP contribution is 2.30. The minimum atomic E-state index is -0.221. The Morgan fingerprint density at radius 3 is 2.39 bits per heavy atom. The number of anilines is 1. The number of methoxy groups -OCH3 is 1. The Morgan fingerprint density at radius 1 is 0.861 bits per heavy atom. The number of fused-ring (bicyclic) bond motifs is 1. The summed E-state index contributed by atoms with van der Waals surface area (Å²) in [4.78, 5) is 22.9. The number of thiazole rings is 1. The van der Waals surface area contributed by atoms with Gasteiger partial charge in [-0.05, 0) is 35.2 Å². The van der Waals surface area contributed by atoms with E-state index in [9.17, 15) is 4.79 Å². The predicted octanol–water partition coefficient (Wildman–Crippen LogP) is 7.58. The molecule has 0 aliphatic rings. The van der Waals surface area contributed by atoms with Gasteiger partial charge < -0.3 is 4.74 Å². The highest BCUT2D eigenvalue weighted by Gasteiger charge is 2.17. The molecule has 0 fully saturated rings. The third kappa shape index (κ3) is 4.86. The van der Waals surface area contributed by atoms with Gasteiger partial charge in [-0.2, -0.15) is 0 Å². The summed E-state index contributed by atoms with van der Waals surface area (Å²) >= 11 is 1.41. The summed E-state index contributed by atoms with van der Waals surface area (Å²) in [6.07, 6.45) is 0. The van der Waals surface area contributed by atoms with Crippen molar-refractivity contribution in [1.29, 1.82) is 0 Å². The molecule has 1 N–H and O–H groups in total. The molecule has 0 atom stereocenters. The highest BCUT2D eigenvalue weighted by molar-refractivity contribution is 7.14. The molecule has 180 valence electrons. The van der Waals surface area contributed by atoms with Crippen LogP contribution < -0.4 is 10.1 Å². The van der Waals surface area contributed by atoms with Gasteiger partial charge >= 0.3 is 0 Å². The predicted molar refractivity (Wildman–Crippen MR) is 148 cm³/mol. The quantitative estimate of drug-likeness (QED) is 0.274. The molecule has 0 radical (unpaired) electrons. The number of rotatable bonds is 5. The zero-order valence-electron chi connectivity index (χ0n) is 20.7. The average molecular weight is 494 g/mol.